The Morgan fingerprint density at radius 3 is 2.40 bits per heavy atom. The number of nitrogens with zero attached hydrogens (tertiary/aromatic N) is 1. The van der Waals surface area contributed by atoms with E-state index in [9.17, 15) is 21.6 Å². The fraction of sp³-hybridized carbons (Fsp3) is 0.316. The highest BCUT2D eigenvalue weighted by Crippen LogP contribution is 2.34. The number of aryl methyl sites for hydroxylation is 1. The van der Waals surface area contributed by atoms with Gasteiger partial charge in [0.25, 0.3) is 10.0 Å². The fourth-order valence-electron chi connectivity index (χ4n) is 3.47. The van der Waals surface area contributed by atoms with E-state index >= 15 is 0 Å². The molecule has 2 aromatic rings. The van der Waals surface area contributed by atoms with Gasteiger partial charge < -0.3 is 9.47 Å². The molecule has 11 heteroatoms. The number of hydrogen-bond acceptors (Lipinski definition) is 7. The summed E-state index contributed by atoms with van der Waals surface area (Å²) in [6.45, 7) is 3.89. The smallest absolute Gasteiger partial charge is 0.262 e. The first-order valence-corrected chi connectivity index (χ1v) is 12.3. The monoisotopic (exact) mass is 452 g/mol. The standard InChI is InChI=1S/C19H20N2O7S2/c1-12-9-15(21-19(22)13(2)11-29(21,23)24)4-6-18(12)30(25,26)20-14-3-5-16-17(10-14)28-8-7-27-16/h3-6,9-10,13,20H,7-8,11H2,1-2H3. The van der Waals surface area contributed by atoms with E-state index in [2.05, 4.69) is 4.72 Å². The number of rotatable bonds is 4. The van der Waals surface area contributed by atoms with Gasteiger partial charge in [-0.2, -0.15) is 0 Å². The van der Waals surface area contributed by atoms with Crippen LogP contribution in [-0.2, 0) is 24.8 Å². The molecule has 0 bridgehead atoms. The van der Waals surface area contributed by atoms with Gasteiger partial charge in [0.2, 0.25) is 15.9 Å². The van der Waals surface area contributed by atoms with E-state index in [0.717, 1.165) is 4.31 Å². The Balaban J connectivity index is 1.63. The summed E-state index contributed by atoms with van der Waals surface area (Å²) in [5, 5.41) is 0. The zero-order chi connectivity index (χ0) is 21.7. The van der Waals surface area contributed by atoms with Crippen molar-refractivity contribution in [3.63, 3.8) is 0 Å². The maximum atomic E-state index is 12.9. The Morgan fingerprint density at radius 1 is 1.07 bits per heavy atom. The third-order valence-electron chi connectivity index (χ3n) is 4.84. The normalized spacial score (nSPS) is 20.3. The number of fused-ring (bicyclic) bond motifs is 1. The Morgan fingerprint density at radius 2 is 1.77 bits per heavy atom. The number of benzene rings is 2. The van der Waals surface area contributed by atoms with Crippen molar-refractivity contribution in [2.24, 2.45) is 5.92 Å². The molecule has 0 spiro atoms. The predicted molar refractivity (Wildman–Crippen MR) is 110 cm³/mol. The van der Waals surface area contributed by atoms with Crippen molar-refractivity contribution in [1.29, 1.82) is 0 Å². The minimum atomic E-state index is -3.96. The van der Waals surface area contributed by atoms with Crippen molar-refractivity contribution in [2.75, 3.05) is 28.0 Å². The number of ether oxygens (including phenoxy) is 2. The Kier molecular flexibility index (Phi) is 4.89. The van der Waals surface area contributed by atoms with Crippen LogP contribution in [0.1, 0.15) is 12.5 Å². The van der Waals surface area contributed by atoms with E-state index in [-0.39, 0.29) is 16.3 Å². The molecular formula is C19H20N2O7S2. The molecule has 2 aliphatic rings. The average Bonchev–Trinajstić information content (AvgIpc) is 2.87. The quantitative estimate of drug-likeness (QED) is 0.752. The van der Waals surface area contributed by atoms with Gasteiger partial charge in [0.05, 0.1) is 27.9 Å². The van der Waals surface area contributed by atoms with E-state index in [1.54, 1.807) is 26.0 Å². The predicted octanol–water partition coefficient (Wildman–Crippen LogP) is 1.88. The van der Waals surface area contributed by atoms with Gasteiger partial charge >= 0.3 is 0 Å². The number of anilines is 2. The first-order valence-electron chi connectivity index (χ1n) is 9.18. The van der Waals surface area contributed by atoms with Gasteiger partial charge in [-0.05, 0) is 42.8 Å². The van der Waals surface area contributed by atoms with E-state index in [1.165, 1.54) is 24.3 Å². The van der Waals surface area contributed by atoms with Gasteiger partial charge in [-0.1, -0.05) is 6.92 Å². The number of hydrogen-bond donors (Lipinski definition) is 1. The van der Waals surface area contributed by atoms with Crippen LogP contribution in [0, 0.1) is 12.8 Å². The third kappa shape index (κ3) is 3.58. The third-order valence-corrected chi connectivity index (χ3v) is 8.25. The topological polar surface area (TPSA) is 119 Å². The van der Waals surface area contributed by atoms with Crippen LogP contribution in [0.15, 0.2) is 41.3 Å². The largest absolute Gasteiger partial charge is 0.486 e. The van der Waals surface area contributed by atoms with Crippen molar-refractivity contribution >= 4 is 37.3 Å². The molecule has 1 saturated heterocycles. The molecule has 1 N–H and O–H groups in total. The van der Waals surface area contributed by atoms with Crippen LogP contribution in [0.25, 0.3) is 0 Å². The summed E-state index contributed by atoms with van der Waals surface area (Å²) in [6.07, 6.45) is 0. The minimum absolute atomic E-state index is 0.0294. The molecule has 1 amide bonds. The van der Waals surface area contributed by atoms with Crippen LogP contribution in [0.2, 0.25) is 0 Å². The lowest BCUT2D eigenvalue weighted by molar-refractivity contribution is -0.119. The van der Waals surface area contributed by atoms with Gasteiger partial charge in [-0.3, -0.25) is 9.52 Å². The summed E-state index contributed by atoms with van der Waals surface area (Å²) < 4.78 is 64.5. The fourth-order valence-corrected chi connectivity index (χ4v) is 6.55. The van der Waals surface area contributed by atoms with E-state index in [4.69, 9.17) is 9.47 Å². The molecule has 0 radical (unpaired) electrons. The Hall–Kier alpha value is -2.79. The molecule has 2 heterocycles. The summed E-state index contributed by atoms with van der Waals surface area (Å²) in [7, 11) is -7.73. The van der Waals surface area contributed by atoms with E-state index in [0.29, 0.717) is 36.0 Å². The zero-order valence-electron chi connectivity index (χ0n) is 16.3. The molecule has 30 heavy (non-hydrogen) atoms. The number of carbonyl (C=O) groups excluding carboxylic acids is 1. The molecular weight excluding hydrogens is 432 g/mol. The highest BCUT2D eigenvalue weighted by molar-refractivity contribution is 7.94. The van der Waals surface area contributed by atoms with E-state index in [1.807, 2.05) is 0 Å². The Bertz CT molecular complexity index is 1240. The molecule has 1 fully saturated rings. The zero-order valence-corrected chi connectivity index (χ0v) is 17.9. The van der Waals surface area contributed by atoms with Crippen LogP contribution < -0.4 is 18.5 Å². The molecule has 0 aromatic heterocycles. The summed E-state index contributed by atoms with van der Waals surface area (Å²) in [6, 6.07) is 8.70. The van der Waals surface area contributed by atoms with Crippen molar-refractivity contribution in [2.45, 2.75) is 18.7 Å². The van der Waals surface area contributed by atoms with Gasteiger partial charge in [0.1, 0.15) is 13.2 Å². The van der Waals surface area contributed by atoms with E-state index < -0.39 is 31.9 Å². The summed E-state index contributed by atoms with van der Waals surface area (Å²) in [5.41, 5.74) is 0.731. The molecule has 1 atom stereocenters. The van der Waals surface area contributed by atoms with Crippen molar-refractivity contribution in [3.8, 4) is 11.5 Å². The molecule has 0 saturated carbocycles. The number of sulfonamides is 2. The maximum Gasteiger partial charge on any atom is 0.262 e. The SMILES string of the molecule is Cc1cc(N2C(=O)C(C)CS2(=O)=O)ccc1S(=O)(=O)Nc1ccc2c(c1)OCCO2. The van der Waals surface area contributed by atoms with Crippen molar-refractivity contribution in [1.82, 2.24) is 0 Å². The highest BCUT2D eigenvalue weighted by atomic mass is 32.2. The molecule has 4 rings (SSSR count). The lowest BCUT2D eigenvalue weighted by atomic mass is 10.2. The lowest BCUT2D eigenvalue weighted by Gasteiger charge is -2.20. The van der Waals surface area contributed by atoms with Crippen molar-refractivity contribution in [3.05, 3.63) is 42.0 Å². The van der Waals surface area contributed by atoms with Crippen LogP contribution >= 0.6 is 0 Å². The number of carbonyl (C=O) groups is 1. The average molecular weight is 453 g/mol. The van der Waals surface area contributed by atoms with Crippen molar-refractivity contribution < 1.29 is 31.1 Å². The van der Waals surface area contributed by atoms with Gasteiger partial charge in [-0.25, -0.2) is 21.1 Å². The minimum Gasteiger partial charge on any atom is -0.486 e. The molecule has 1 unspecified atom stereocenters. The molecule has 0 aliphatic carbocycles. The van der Waals surface area contributed by atoms with Gasteiger partial charge in [0.15, 0.2) is 11.5 Å². The first-order chi connectivity index (χ1) is 14.1. The maximum absolute atomic E-state index is 12.9. The number of nitrogens with one attached hydrogen (secondary N) is 1. The molecule has 160 valence electrons. The lowest BCUT2D eigenvalue weighted by Crippen LogP contribution is -2.30. The summed E-state index contributed by atoms with van der Waals surface area (Å²) in [5.74, 6) is -0.456. The highest BCUT2D eigenvalue weighted by Gasteiger charge is 2.42. The van der Waals surface area contributed by atoms with Crippen LogP contribution in [0.4, 0.5) is 11.4 Å². The second-order valence-electron chi connectivity index (χ2n) is 7.20. The van der Waals surface area contributed by atoms with Crippen LogP contribution in [-0.4, -0.2) is 41.7 Å². The first kappa shape index (κ1) is 20.5. The van der Waals surface area contributed by atoms with Crippen LogP contribution in [0.5, 0.6) is 11.5 Å². The number of amides is 1. The Labute approximate surface area is 174 Å². The van der Waals surface area contributed by atoms with Gasteiger partial charge in [-0.15, -0.1) is 0 Å². The molecule has 2 aliphatic heterocycles. The molecule has 2 aromatic carbocycles. The summed E-state index contributed by atoms with van der Waals surface area (Å²) in [4.78, 5) is 12.2. The molecule has 9 nitrogen and oxygen atoms in total. The second-order valence-corrected chi connectivity index (χ2v) is 10.7. The summed E-state index contributed by atoms with van der Waals surface area (Å²) >= 11 is 0. The van der Waals surface area contributed by atoms with Gasteiger partial charge in [0, 0.05) is 6.07 Å². The van der Waals surface area contributed by atoms with Crippen LogP contribution in [0.3, 0.4) is 0 Å². The second kappa shape index (κ2) is 7.17.